The second-order valence-electron chi connectivity index (χ2n) is 8.17. The third-order valence-electron chi connectivity index (χ3n) is 6.66. The summed E-state index contributed by atoms with van der Waals surface area (Å²) in [5.74, 6) is 2.88. The van der Waals surface area contributed by atoms with Crippen LogP contribution in [0.3, 0.4) is 0 Å². The van der Waals surface area contributed by atoms with E-state index in [1.807, 2.05) is 19.2 Å². The molecule has 1 heterocycles. The van der Waals surface area contributed by atoms with E-state index in [1.54, 1.807) is 10.9 Å². The lowest BCUT2D eigenvalue weighted by Crippen LogP contribution is -2.56. The quantitative estimate of drug-likeness (QED) is 0.928. The molecule has 2 unspecified atom stereocenters. The molecule has 0 aromatic carbocycles. The van der Waals surface area contributed by atoms with Crippen LogP contribution in [0.4, 0.5) is 0 Å². The Labute approximate surface area is 132 Å². The molecule has 4 nitrogen and oxygen atoms in total. The van der Waals surface area contributed by atoms with Crippen LogP contribution in [0.5, 0.6) is 0 Å². The number of nitrogens with zero attached hydrogens (tertiary/aromatic N) is 2. The predicted octanol–water partition coefficient (Wildman–Crippen LogP) is 3.17. The number of hydrogen-bond donors (Lipinski definition) is 1. The summed E-state index contributed by atoms with van der Waals surface area (Å²) in [6, 6.07) is 1.92. The van der Waals surface area contributed by atoms with Crippen LogP contribution >= 0.6 is 0 Å². The zero-order valence-corrected chi connectivity index (χ0v) is 13.7. The van der Waals surface area contributed by atoms with E-state index in [4.69, 9.17) is 0 Å². The highest BCUT2D eigenvalue weighted by molar-refractivity contribution is 5.80. The average Bonchev–Trinajstić information content (AvgIpc) is 2.99. The smallest absolute Gasteiger partial charge is 0.244 e. The van der Waals surface area contributed by atoms with Crippen LogP contribution < -0.4 is 5.32 Å². The number of aromatic nitrogens is 2. The van der Waals surface area contributed by atoms with Crippen molar-refractivity contribution in [2.24, 2.45) is 23.2 Å². The number of nitrogens with one attached hydrogen (secondary N) is 1. The normalized spacial score (nSPS) is 38.7. The number of rotatable bonds is 4. The van der Waals surface area contributed by atoms with Gasteiger partial charge in [-0.15, -0.1) is 0 Å². The number of carbonyl (C=O) groups is 1. The Morgan fingerprint density at radius 2 is 1.77 bits per heavy atom. The van der Waals surface area contributed by atoms with Gasteiger partial charge in [0.25, 0.3) is 0 Å². The van der Waals surface area contributed by atoms with Crippen LogP contribution in [0.2, 0.25) is 0 Å². The van der Waals surface area contributed by atoms with E-state index in [0.717, 1.165) is 17.8 Å². The largest absolute Gasteiger partial charge is 0.351 e. The second kappa shape index (κ2) is 5.10. The standard InChI is InChI=1S/C18H27N3O/c1-12(21-5-3-4-19-21)17(22)20-13(2)18-9-14-6-15(10-18)8-16(7-14)11-18/h3-5,12-16H,6-11H2,1-2H3,(H,20,22). The highest BCUT2D eigenvalue weighted by Crippen LogP contribution is 2.61. The number of hydrogen-bond acceptors (Lipinski definition) is 2. The molecule has 120 valence electrons. The molecule has 0 radical (unpaired) electrons. The van der Waals surface area contributed by atoms with Gasteiger partial charge in [-0.1, -0.05) is 0 Å². The van der Waals surface area contributed by atoms with Crippen molar-refractivity contribution in [3.05, 3.63) is 18.5 Å². The molecule has 1 aromatic rings. The van der Waals surface area contributed by atoms with E-state index >= 15 is 0 Å². The number of amides is 1. The Morgan fingerprint density at radius 3 is 2.27 bits per heavy atom. The second-order valence-corrected chi connectivity index (χ2v) is 8.17. The summed E-state index contributed by atoms with van der Waals surface area (Å²) in [6.07, 6.45) is 11.9. The van der Waals surface area contributed by atoms with Crippen LogP contribution in [0, 0.1) is 23.2 Å². The fraction of sp³-hybridized carbons (Fsp3) is 0.778. The van der Waals surface area contributed by atoms with Gasteiger partial charge in [-0.05, 0) is 81.6 Å². The minimum Gasteiger partial charge on any atom is -0.351 e. The molecular formula is C18H27N3O. The Bertz CT molecular complexity index is 515. The highest BCUT2D eigenvalue weighted by atomic mass is 16.2. The van der Waals surface area contributed by atoms with Crippen LogP contribution in [0.1, 0.15) is 58.4 Å². The summed E-state index contributed by atoms with van der Waals surface area (Å²) in [7, 11) is 0. The van der Waals surface area contributed by atoms with Crippen molar-refractivity contribution in [2.45, 2.75) is 64.5 Å². The van der Waals surface area contributed by atoms with Crippen LogP contribution in [0.15, 0.2) is 18.5 Å². The molecule has 0 saturated heterocycles. The van der Waals surface area contributed by atoms with Crippen molar-refractivity contribution >= 4 is 5.91 Å². The van der Waals surface area contributed by atoms with Gasteiger partial charge in [0.1, 0.15) is 6.04 Å². The van der Waals surface area contributed by atoms with Crippen molar-refractivity contribution in [3.63, 3.8) is 0 Å². The Balaban J connectivity index is 1.46. The van der Waals surface area contributed by atoms with Gasteiger partial charge in [-0.3, -0.25) is 9.48 Å². The van der Waals surface area contributed by atoms with Crippen LogP contribution in [0.25, 0.3) is 0 Å². The molecule has 2 atom stereocenters. The van der Waals surface area contributed by atoms with Gasteiger partial charge < -0.3 is 5.32 Å². The topological polar surface area (TPSA) is 46.9 Å². The minimum absolute atomic E-state index is 0.104. The monoisotopic (exact) mass is 301 g/mol. The fourth-order valence-corrected chi connectivity index (χ4v) is 5.82. The fourth-order valence-electron chi connectivity index (χ4n) is 5.82. The lowest BCUT2D eigenvalue weighted by molar-refractivity contribution is -0.128. The van der Waals surface area contributed by atoms with Gasteiger partial charge in [0.15, 0.2) is 0 Å². The van der Waals surface area contributed by atoms with Gasteiger partial charge >= 0.3 is 0 Å². The molecule has 4 fully saturated rings. The highest BCUT2D eigenvalue weighted by Gasteiger charge is 2.53. The van der Waals surface area contributed by atoms with Crippen molar-refractivity contribution in [3.8, 4) is 0 Å². The summed E-state index contributed by atoms with van der Waals surface area (Å²) in [6.45, 7) is 4.16. The maximum absolute atomic E-state index is 12.6. The third kappa shape index (κ3) is 2.27. The van der Waals surface area contributed by atoms with Crippen LogP contribution in [-0.4, -0.2) is 21.7 Å². The minimum atomic E-state index is -0.230. The maximum atomic E-state index is 12.6. The number of carbonyl (C=O) groups excluding carboxylic acids is 1. The molecule has 4 heteroatoms. The van der Waals surface area contributed by atoms with Crippen molar-refractivity contribution in [2.75, 3.05) is 0 Å². The van der Waals surface area contributed by atoms with Crippen molar-refractivity contribution in [1.82, 2.24) is 15.1 Å². The summed E-state index contributed by atoms with van der Waals surface area (Å²) < 4.78 is 1.74. The molecule has 4 aliphatic carbocycles. The molecule has 5 rings (SSSR count). The first kappa shape index (κ1) is 14.3. The first-order valence-corrected chi connectivity index (χ1v) is 8.85. The zero-order chi connectivity index (χ0) is 15.3. The van der Waals surface area contributed by atoms with Gasteiger partial charge in [-0.2, -0.15) is 5.10 Å². The first-order valence-electron chi connectivity index (χ1n) is 8.85. The molecule has 4 bridgehead atoms. The summed E-state index contributed by atoms with van der Waals surface area (Å²) in [4.78, 5) is 12.6. The summed E-state index contributed by atoms with van der Waals surface area (Å²) in [5, 5.41) is 7.52. The molecule has 0 spiro atoms. The molecule has 22 heavy (non-hydrogen) atoms. The van der Waals surface area contributed by atoms with E-state index in [0.29, 0.717) is 5.41 Å². The Kier molecular flexibility index (Phi) is 3.31. The Morgan fingerprint density at radius 1 is 1.18 bits per heavy atom. The SMILES string of the molecule is CC(C(=O)NC(C)C12CC3CC(CC(C3)C1)C2)n1cccn1. The zero-order valence-electron chi connectivity index (χ0n) is 13.7. The van der Waals surface area contributed by atoms with E-state index in [-0.39, 0.29) is 18.0 Å². The summed E-state index contributed by atoms with van der Waals surface area (Å²) >= 11 is 0. The first-order chi connectivity index (χ1) is 10.6. The Hall–Kier alpha value is -1.32. The lowest BCUT2D eigenvalue weighted by atomic mass is 9.48. The van der Waals surface area contributed by atoms with Gasteiger partial charge in [0, 0.05) is 18.4 Å². The molecule has 1 aromatic heterocycles. The van der Waals surface area contributed by atoms with Crippen LogP contribution in [-0.2, 0) is 4.79 Å². The molecule has 1 N–H and O–H groups in total. The molecular weight excluding hydrogens is 274 g/mol. The molecule has 0 aliphatic heterocycles. The van der Waals surface area contributed by atoms with E-state index in [2.05, 4.69) is 17.3 Å². The maximum Gasteiger partial charge on any atom is 0.244 e. The predicted molar refractivity (Wildman–Crippen MR) is 85.1 cm³/mol. The van der Waals surface area contributed by atoms with Crippen molar-refractivity contribution in [1.29, 1.82) is 0 Å². The van der Waals surface area contributed by atoms with Gasteiger partial charge in [0.2, 0.25) is 5.91 Å². The van der Waals surface area contributed by atoms with E-state index in [1.165, 1.54) is 38.5 Å². The van der Waals surface area contributed by atoms with Gasteiger partial charge in [-0.25, -0.2) is 0 Å². The lowest BCUT2D eigenvalue weighted by Gasteiger charge is -2.59. The molecule has 4 saturated carbocycles. The van der Waals surface area contributed by atoms with E-state index in [9.17, 15) is 4.79 Å². The van der Waals surface area contributed by atoms with Crippen molar-refractivity contribution < 1.29 is 4.79 Å². The molecule has 4 aliphatic rings. The van der Waals surface area contributed by atoms with E-state index < -0.39 is 0 Å². The third-order valence-corrected chi connectivity index (χ3v) is 6.66. The summed E-state index contributed by atoms with van der Waals surface area (Å²) in [5.41, 5.74) is 0.369. The molecule has 1 amide bonds. The van der Waals surface area contributed by atoms with Gasteiger partial charge in [0.05, 0.1) is 0 Å². The average molecular weight is 301 g/mol.